The van der Waals surface area contributed by atoms with Gasteiger partial charge in [0.15, 0.2) is 12.0 Å². The minimum absolute atomic E-state index is 0.369. The summed E-state index contributed by atoms with van der Waals surface area (Å²) in [5, 5.41) is 0. The van der Waals surface area contributed by atoms with E-state index in [1.54, 1.807) is 6.07 Å². The van der Waals surface area contributed by atoms with Gasteiger partial charge in [0.2, 0.25) is 0 Å². The van der Waals surface area contributed by atoms with Crippen LogP contribution in [0, 0.1) is 6.92 Å². The molecular weight excluding hydrogens is 240 g/mol. The van der Waals surface area contributed by atoms with Crippen molar-refractivity contribution in [2.75, 3.05) is 0 Å². The van der Waals surface area contributed by atoms with Crippen LogP contribution in [0.1, 0.15) is 28.9 Å². The SMILES string of the molecule is CCc1oc(C=O)cc1-c1ccc2nc(C)cn2c1. The molecule has 3 heterocycles. The van der Waals surface area contributed by atoms with Crippen LogP contribution in [0.2, 0.25) is 0 Å². The lowest BCUT2D eigenvalue weighted by molar-refractivity contribution is 0.109. The van der Waals surface area contributed by atoms with Crippen molar-refractivity contribution in [3.8, 4) is 11.1 Å². The van der Waals surface area contributed by atoms with Crippen LogP contribution in [-0.2, 0) is 6.42 Å². The van der Waals surface area contributed by atoms with E-state index in [2.05, 4.69) is 4.98 Å². The van der Waals surface area contributed by atoms with Gasteiger partial charge < -0.3 is 8.82 Å². The quantitative estimate of drug-likeness (QED) is 0.674. The first kappa shape index (κ1) is 11.7. The lowest BCUT2D eigenvalue weighted by Gasteiger charge is -2.01. The zero-order valence-corrected chi connectivity index (χ0v) is 10.9. The number of imidazole rings is 1. The number of rotatable bonds is 3. The predicted octanol–water partition coefficient (Wildman–Crippen LogP) is 3.28. The molecule has 0 amide bonds. The molecule has 3 aromatic rings. The van der Waals surface area contributed by atoms with Gasteiger partial charge in [-0.05, 0) is 25.1 Å². The molecule has 0 saturated heterocycles. The molecule has 0 aromatic carbocycles. The number of carbonyl (C=O) groups excluding carboxylic acids is 1. The van der Waals surface area contributed by atoms with Crippen LogP contribution >= 0.6 is 0 Å². The van der Waals surface area contributed by atoms with E-state index in [1.807, 2.05) is 42.8 Å². The number of aryl methyl sites for hydroxylation is 2. The van der Waals surface area contributed by atoms with Crippen molar-refractivity contribution in [1.29, 1.82) is 0 Å². The van der Waals surface area contributed by atoms with E-state index >= 15 is 0 Å². The van der Waals surface area contributed by atoms with Gasteiger partial charge in [-0.15, -0.1) is 0 Å². The molecule has 0 aliphatic rings. The highest BCUT2D eigenvalue weighted by molar-refractivity contribution is 5.77. The molecule has 3 rings (SSSR count). The summed E-state index contributed by atoms with van der Waals surface area (Å²) >= 11 is 0. The predicted molar refractivity (Wildman–Crippen MR) is 72.4 cm³/mol. The number of carbonyl (C=O) groups is 1. The molecule has 96 valence electrons. The van der Waals surface area contributed by atoms with Crippen LogP contribution in [0.3, 0.4) is 0 Å². The second-order valence-electron chi connectivity index (χ2n) is 4.52. The van der Waals surface area contributed by atoms with Crippen molar-refractivity contribution in [2.24, 2.45) is 0 Å². The average molecular weight is 254 g/mol. The maximum absolute atomic E-state index is 10.8. The third-order valence-electron chi connectivity index (χ3n) is 3.15. The molecule has 3 aromatic heterocycles. The number of aromatic nitrogens is 2. The molecule has 0 bridgehead atoms. The van der Waals surface area contributed by atoms with Gasteiger partial charge in [-0.1, -0.05) is 6.92 Å². The first-order valence-corrected chi connectivity index (χ1v) is 6.25. The zero-order chi connectivity index (χ0) is 13.4. The van der Waals surface area contributed by atoms with Gasteiger partial charge in [0.25, 0.3) is 0 Å². The Morgan fingerprint density at radius 1 is 1.37 bits per heavy atom. The van der Waals surface area contributed by atoms with E-state index in [1.165, 1.54) is 0 Å². The van der Waals surface area contributed by atoms with E-state index in [-0.39, 0.29) is 0 Å². The molecule has 0 fully saturated rings. The van der Waals surface area contributed by atoms with E-state index < -0.39 is 0 Å². The molecule has 0 unspecified atom stereocenters. The van der Waals surface area contributed by atoms with Gasteiger partial charge in [0, 0.05) is 29.9 Å². The fraction of sp³-hybridized carbons (Fsp3) is 0.200. The lowest BCUT2D eigenvalue weighted by Crippen LogP contribution is -1.87. The molecule has 4 heteroatoms. The van der Waals surface area contributed by atoms with Gasteiger partial charge in [-0.2, -0.15) is 0 Å². The molecular formula is C15H14N2O2. The number of furan rings is 1. The van der Waals surface area contributed by atoms with Crippen molar-refractivity contribution in [3.63, 3.8) is 0 Å². The molecule has 19 heavy (non-hydrogen) atoms. The highest BCUT2D eigenvalue weighted by Gasteiger charge is 2.12. The van der Waals surface area contributed by atoms with Crippen LogP contribution in [-0.4, -0.2) is 15.7 Å². The van der Waals surface area contributed by atoms with Crippen molar-refractivity contribution < 1.29 is 9.21 Å². The largest absolute Gasteiger partial charge is 0.458 e. The fourth-order valence-electron chi connectivity index (χ4n) is 2.29. The summed E-state index contributed by atoms with van der Waals surface area (Å²) in [6, 6.07) is 5.76. The average Bonchev–Trinajstić information content (AvgIpc) is 2.99. The smallest absolute Gasteiger partial charge is 0.185 e. The molecule has 0 spiro atoms. The maximum atomic E-state index is 10.8. The Morgan fingerprint density at radius 2 is 2.21 bits per heavy atom. The molecule has 4 nitrogen and oxygen atoms in total. The number of hydrogen-bond donors (Lipinski definition) is 0. The fourth-order valence-corrected chi connectivity index (χ4v) is 2.29. The summed E-state index contributed by atoms with van der Waals surface area (Å²) in [7, 11) is 0. The Hall–Kier alpha value is -2.36. The Balaban J connectivity index is 2.17. The van der Waals surface area contributed by atoms with Crippen LogP contribution in [0.5, 0.6) is 0 Å². The first-order valence-electron chi connectivity index (χ1n) is 6.25. The van der Waals surface area contributed by atoms with Gasteiger partial charge in [0.1, 0.15) is 11.4 Å². The molecule has 0 aliphatic heterocycles. The second-order valence-corrected chi connectivity index (χ2v) is 4.52. The monoisotopic (exact) mass is 254 g/mol. The molecule has 0 aliphatic carbocycles. The van der Waals surface area contributed by atoms with E-state index in [4.69, 9.17) is 4.42 Å². The summed E-state index contributed by atoms with van der Waals surface area (Å²) in [6.45, 7) is 3.98. The second kappa shape index (κ2) is 4.39. The van der Waals surface area contributed by atoms with Crippen LogP contribution in [0.4, 0.5) is 0 Å². The standard InChI is InChI=1S/C15H14N2O2/c1-3-14-13(6-12(9-18)19-14)11-4-5-15-16-10(2)7-17(15)8-11/h4-9H,3H2,1-2H3. The number of hydrogen-bond acceptors (Lipinski definition) is 3. The van der Waals surface area contributed by atoms with Gasteiger partial charge in [-0.3, -0.25) is 4.79 Å². The van der Waals surface area contributed by atoms with Gasteiger partial charge >= 0.3 is 0 Å². The van der Waals surface area contributed by atoms with Crippen molar-refractivity contribution in [2.45, 2.75) is 20.3 Å². The molecule has 0 atom stereocenters. The number of fused-ring (bicyclic) bond motifs is 1. The summed E-state index contributed by atoms with van der Waals surface area (Å²) in [6.07, 6.45) is 5.48. The first-order chi connectivity index (χ1) is 9.21. The Bertz CT molecular complexity index is 753. The molecule has 0 N–H and O–H groups in total. The number of aldehydes is 1. The van der Waals surface area contributed by atoms with Gasteiger partial charge in [-0.25, -0.2) is 4.98 Å². The number of nitrogens with zero attached hydrogens (tertiary/aromatic N) is 2. The lowest BCUT2D eigenvalue weighted by atomic mass is 10.1. The van der Waals surface area contributed by atoms with E-state index in [0.717, 1.165) is 40.9 Å². The Kier molecular flexibility index (Phi) is 2.71. The summed E-state index contributed by atoms with van der Waals surface area (Å²) in [4.78, 5) is 15.2. The number of pyridine rings is 1. The zero-order valence-electron chi connectivity index (χ0n) is 10.9. The Labute approximate surface area is 110 Å². The maximum Gasteiger partial charge on any atom is 0.185 e. The van der Waals surface area contributed by atoms with E-state index in [9.17, 15) is 4.79 Å². The minimum atomic E-state index is 0.369. The summed E-state index contributed by atoms with van der Waals surface area (Å²) in [5.41, 5.74) is 3.89. The Morgan fingerprint density at radius 3 is 2.95 bits per heavy atom. The minimum Gasteiger partial charge on any atom is -0.458 e. The van der Waals surface area contributed by atoms with Crippen LogP contribution in [0.15, 0.2) is 35.0 Å². The van der Waals surface area contributed by atoms with Crippen molar-refractivity contribution in [3.05, 3.63) is 47.8 Å². The third kappa shape index (κ3) is 1.95. The summed E-state index contributed by atoms with van der Waals surface area (Å²) in [5.74, 6) is 1.20. The van der Waals surface area contributed by atoms with E-state index in [0.29, 0.717) is 5.76 Å². The normalized spacial score (nSPS) is 11.1. The molecule has 0 radical (unpaired) electrons. The van der Waals surface area contributed by atoms with Crippen LogP contribution < -0.4 is 0 Å². The van der Waals surface area contributed by atoms with Crippen molar-refractivity contribution >= 4 is 11.9 Å². The van der Waals surface area contributed by atoms with Gasteiger partial charge in [0.05, 0.1) is 5.69 Å². The third-order valence-corrected chi connectivity index (χ3v) is 3.15. The highest BCUT2D eigenvalue weighted by Crippen LogP contribution is 2.27. The highest BCUT2D eigenvalue weighted by atomic mass is 16.3. The summed E-state index contributed by atoms with van der Waals surface area (Å²) < 4.78 is 7.48. The van der Waals surface area contributed by atoms with Crippen LogP contribution in [0.25, 0.3) is 16.8 Å². The van der Waals surface area contributed by atoms with Crippen molar-refractivity contribution in [1.82, 2.24) is 9.38 Å². The topological polar surface area (TPSA) is 47.5 Å². The molecule has 0 saturated carbocycles.